The highest BCUT2D eigenvalue weighted by atomic mass is 15.1. The number of hydrogen-bond acceptors (Lipinski definition) is 2. The molecule has 1 aromatic heterocycles. The Morgan fingerprint density at radius 3 is 2.69 bits per heavy atom. The Bertz CT molecular complexity index is 480. The van der Waals surface area contributed by atoms with Crippen molar-refractivity contribution in [3.63, 3.8) is 0 Å². The van der Waals surface area contributed by atoms with Crippen LogP contribution in [0.2, 0.25) is 0 Å². The van der Waals surface area contributed by atoms with Gasteiger partial charge in [0.05, 0.1) is 0 Å². The van der Waals surface area contributed by atoms with Crippen LogP contribution in [0, 0.1) is 0 Å². The van der Waals surface area contributed by atoms with E-state index in [1.54, 1.807) is 0 Å². The van der Waals surface area contributed by atoms with Gasteiger partial charge in [0.2, 0.25) is 0 Å². The number of rotatable bonds is 3. The van der Waals surface area contributed by atoms with Crippen molar-refractivity contribution in [1.29, 1.82) is 0 Å². The Morgan fingerprint density at radius 2 is 2.00 bits per heavy atom. The Balaban J connectivity index is 1.82. The third-order valence-electron chi connectivity index (χ3n) is 3.02. The molecule has 0 unspecified atom stereocenters. The molecule has 1 aliphatic carbocycles. The molecule has 0 saturated heterocycles. The zero-order chi connectivity index (χ0) is 11.0. The van der Waals surface area contributed by atoms with E-state index in [0.29, 0.717) is 5.92 Å². The van der Waals surface area contributed by atoms with E-state index < -0.39 is 0 Å². The zero-order valence-electron chi connectivity index (χ0n) is 9.13. The Hall–Kier alpha value is -1.77. The van der Waals surface area contributed by atoms with E-state index in [1.807, 2.05) is 18.3 Å². The molecule has 2 aromatic rings. The number of nitrogens with two attached hydrogens (primary N) is 1. The van der Waals surface area contributed by atoms with Gasteiger partial charge in [0.25, 0.3) is 0 Å². The lowest BCUT2D eigenvalue weighted by Gasteiger charge is -2.07. The topological polar surface area (TPSA) is 43.8 Å². The Kier molecular flexibility index (Phi) is 2.17. The molecule has 0 aliphatic heterocycles. The SMILES string of the molecule is Nc1ccc(Cn2ccnc2C2CC2)cc1. The summed E-state index contributed by atoms with van der Waals surface area (Å²) in [5, 5.41) is 0. The van der Waals surface area contributed by atoms with Gasteiger partial charge in [0.1, 0.15) is 5.82 Å². The second-order valence-electron chi connectivity index (χ2n) is 4.43. The fraction of sp³-hybridized carbons (Fsp3) is 0.308. The van der Waals surface area contributed by atoms with E-state index >= 15 is 0 Å². The van der Waals surface area contributed by atoms with Crippen LogP contribution in [0.5, 0.6) is 0 Å². The van der Waals surface area contributed by atoms with Gasteiger partial charge in [-0.05, 0) is 30.5 Å². The third-order valence-corrected chi connectivity index (χ3v) is 3.02. The lowest BCUT2D eigenvalue weighted by molar-refractivity contribution is 0.726. The van der Waals surface area contributed by atoms with E-state index in [0.717, 1.165) is 12.2 Å². The molecule has 0 amide bonds. The molecule has 0 spiro atoms. The summed E-state index contributed by atoms with van der Waals surface area (Å²) in [7, 11) is 0. The lowest BCUT2D eigenvalue weighted by atomic mass is 10.2. The van der Waals surface area contributed by atoms with E-state index in [1.165, 1.54) is 24.2 Å². The van der Waals surface area contributed by atoms with Crippen molar-refractivity contribution < 1.29 is 0 Å². The molecule has 1 heterocycles. The first-order chi connectivity index (χ1) is 7.83. The molecule has 16 heavy (non-hydrogen) atoms. The fourth-order valence-corrected chi connectivity index (χ4v) is 1.98. The van der Waals surface area contributed by atoms with Gasteiger partial charge in [-0.15, -0.1) is 0 Å². The molecule has 3 nitrogen and oxygen atoms in total. The highest BCUT2D eigenvalue weighted by Gasteiger charge is 2.27. The molecule has 0 atom stereocenters. The number of aromatic nitrogens is 2. The van der Waals surface area contributed by atoms with Crippen LogP contribution in [0.4, 0.5) is 5.69 Å². The normalized spacial score (nSPS) is 15.2. The van der Waals surface area contributed by atoms with Gasteiger partial charge in [-0.2, -0.15) is 0 Å². The number of anilines is 1. The number of nitrogen functional groups attached to an aromatic ring is 1. The first-order valence-electron chi connectivity index (χ1n) is 5.68. The van der Waals surface area contributed by atoms with Crippen LogP contribution in [0.15, 0.2) is 36.7 Å². The number of hydrogen-bond donors (Lipinski definition) is 1. The smallest absolute Gasteiger partial charge is 0.112 e. The van der Waals surface area contributed by atoms with Crippen LogP contribution in [0.1, 0.15) is 30.1 Å². The number of nitrogens with zero attached hydrogens (tertiary/aromatic N) is 2. The minimum atomic E-state index is 0.698. The second kappa shape index (κ2) is 3.67. The molecule has 1 aliphatic rings. The summed E-state index contributed by atoms with van der Waals surface area (Å²) >= 11 is 0. The first kappa shape index (κ1) is 9.46. The van der Waals surface area contributed by atoms with Crippen molar-refractivity contribution in [2.75, 3.05) is 5.73 Å². The monoisotopic (exact) mass is 213 g/mol. The predicted octanol–water partition coefficient (Wildman–Crippen LogP) is 2.39. The van der Waals surface area contributed by atoms with Crippen LogP contribution in [0.3, 0.4) is 0 Å². The lowest BCUT2D eigenvalue weighted by Crippen LogP contribution is -2.03. The van der Waals surface area contributed by atoms with Crippen molar-refractivity contribution >= 4 is 5.69 Å². The van der Waals surface area contributed by atoms with Crippen molar-refractivity contribution in [2.45, 2.75) is 25.3 Å². The van der Waals surface area contributed by atoms with Gasteiger partial charge in [-0.25, -0.2) is 4.98 Å². The average molecular weight is 213 g/mol. The van der Waals surface area contributed by atoms with Gasteiger partial charge < -0.3 is 10.3 Å². The summed E-state index contributed by atoms with van der Waals surface area (Å²) in [6, 6.07) is 8.05. The van der Waals surface area contributed by atoms with Crippen LogP contribution >= 0.6 is 0 Å². The minimum absolute atomic E-state index is 0.698. The molecule has 0 radical (unpaired) electrons. The third kappa shape index (κ3) is 1.81. The molecule has 1 fully saturated rings. The summed E-state index contributed by atoms with van der Waals surface area (Å²) in [5.41, 5.74) is 7.76. The average Bonchev–Trinajstić information content (AvgIpc) is 3.03. The summed E-state index contributed by atoms with van der Waals surface area (Å²) < 4.78 is 2.24. The maximum Gasteiger partial charge on any atom is 0.112 e. The van der Waals surface area contributed by atoms with Gasteiger partial charge in [-0.1, -0.05) is 12.1 Å². The highest BCUT2D eigenvalue weighted by molar-refractivity contribution is 5.39. The van der Waals surface area contributed by atoms with E-state index in [2.05, 4.69) is 27.9 Å². The summed E-state index contributed by atoms with van der Waals surface area (Å²) in [6.45, 7) is 0.895. The predicted molar refractivity (Wildman–Crippen MR) is 64.2 cm³/mol. The standard InChI is InChI=1S/C13H15N3/c14-12-5-1-10(2-6-12)9-16-8-7-15-13(16)11-3-4-11/h1-2,5-8,11H,3-4,9,14H2. The largest absolute Gasteiger partial charge is 0.399 e. The molecule has 3 rings (SSSR count). The van der Waals surface area contributed by atoms with Crippen LogP contribution in [0.25, 0.3) is 0 Å². The molecular weight excluding hydrogens is 198 g/mol. The van der Waals surface area contributed by atoms with Gasteiger partial charge in [-0.3, -0.25) is 0 Å². The summed E-state index contributed by atoms with van der Waals surface area (Å²) in [5.74, 6) is 1.93. The van der Waals surface area contributed by atoms with Crippen molar-refractivity contribution in [3.05, 3.63) is 48.0 Å². The maximum atomic E-state index is 5.67. The van der Waals surface area contributed by atoms with Gasteiger partial charge in [0, 0.05) is 30.5 Å². The van der Waals surface area contributed by atoms with Crippen LogP contribution < -0.4 is 5.73 Å². The quantitative estimate of drug-likeness (QED) is 0.795. The minimum Gasteiger partial charge on any atom is -0.399 e. The zero-order valence-corrected chi connectivity index (χ0v) is 9.13. The number of imidazole rings is 1. The number of benzene rings is 1. The molecule has 1 aromatic carbocycles. The molecule has 2 N–H and O–H groups in total. The first-order valence-corrected chi connectivity index (χ1v) is 5.68. The summed E-state index contributed by atoms with van der Waals surface area (Å²) in [4.78, 5) is 4.43. The van der Waals surface area contributed by atoms with Crippen LogP contribution in [-0.2, 0) is 6.54 Å². The maximum absolute atomic E-state index is 5.67. The van der Waals surface area contributed by atoms with Crippen molar-refractivity contribution in [3.8, 4) is 0 Å². The van der Waals surface area contributed by atoms with E-state index in [4.69, 9.17) is 5.73 Å². The van der Waals surface area contributed by atoms with Gasteiger partial charge >= 0.3 is 0 Å². The fourth-order valence-electron chi connectivity index (χ4n) is 1.98. The Labute approximate surface area is 94.9 Å². The van der Waals surface area contributed by atoms with E-state index in [-0.39, 0.29) is 0 Å². The molecule has 3 heteroatoms. The van der Waals surface area contributed by atoms with Crippen LogP contribution in [-0.4, -0.2) is 9.55 Å². The second-order valence-corrected chi connectivity index (χ2v) is 4.43. The molecule has 1 saturated carbocycles. The van der Waals surface area contributed by atoms with Crippen molar-refractivity contribution in [1.82, 2.24) is 9.55 Å². The molecule has 0 bridgehead atoms. The Morgan fingerprint density at radius 1 is 1.25 bits per heavy atom. The van der Waals surface area contributed by atoms with Crippen molar-refractivity contribution in [2.24, 2.45) is 0 Å². The van der Waals surface area contributed by atoms with Gasteiger partial charge in [0.15, 0.2) is 0 Å². The summed E-state index contributed by atoms with van der Waals surface area (Å²) in [6.07, 6.45) is 6.53. The molecular formula is C13H15N3. The van der Waals surface area contributed by atoms with E-state index in [9.17, 15) is 0 Å². The highest BCUT2D eigenvalue weighted by Crippen LogP contribution is 2.39. The molecule has 82 valence electrons.